The van der Waals surface area contributed by atoms with E-state index in [4.69, 9.17) is 10.2 Å². The molecular formula is C9H12O5S. The van der Waals surface area contributed by atoms with Crippen LogP contribution in [0.4, 0.5) is 0 Å². The summed E-state index contributed by atoms with van der Waals surface area (Å²) in [4.78, 5) is 10.9. The molecule has 0 saturated heterocycles. The van der Waals surface area contributed by atoms with Crippen LogP contribution in [0.5, 0.6) is 0 Å². The van der Waals surface area contributed by atoms with Crippen molar-refractivity contribution < 1.29 is 25.2 Å². The summed E-state index contributed by atoms with van der Waals surface area (Å²) in [7, 11) is 0. The number of hydrogen-bond donors (Lipinski definition) is 4. The number of carboxylic acids is 1. The number of aromatic carboxylic acids is 1. The highest BCUT2D eigenvalue weighted by Crippen LogP contribution is 2.27. The molecule has 6 heteroatoms. The minimum absolute atomic E-state index is 0.00973. The fraction of sp³-hybridized carbons (Fsp3) is 0.444. The van der Waals surface area contributed by atoms with Crippen molar-refractivity contribution in [1.29, 1.82) is 0 Å². The van der Waals surface area contributed by atoms with Gasteiger partial charge < -0.3 is 20.4 Å². The van der Waals surface area contributed by atoms with Gasteiger partial charge in [0.1, 0.15) is 6.10 Å². The molecule has 2 atom stereocenters. The molecule has 0 aliphatic carbocycles. The number of rotatable bonds is 5. The van der Waals surface area contributed by atoms with Gasteiger partial charge in [0.2, 0.25) is 0 Å². The van der Waals surface area contributed by atoms with E-state index in [1.807, 2.05) is 0 Å². The Bertz CT molecular complexity index is 335. The highest BCUT2D eigenvalue weighted by Gasteiger charge is 2.24. The Morgan fingerprint density at radius 1 is 1.47 bits per heavy atom. The lowest BCUT2D eigenvalue weighted by Crippen LogP contribution is -2.20. The summed E-state index contributed by atoms with van der Waals surface area (Å²) >= 11 is 1.07. The number of carboxylic acid groups (broad SMARTS) is 1. The normalized spacial score (nSPS) is 14.9. The van der Waals surface area contributed by atoms with Gasteiger partial charge in [0.15, 0.2) is 0 Å². The van der Waals surface area contributed by atoms with Crippen molar-refractivity contribution in [1.82, 2.24) is 0 Å². The first-order valence-corrected chi connectivity index (χ1v) is 5.23. The van der Waals surface area contributed by atoms with Gasteiger partial charge in [0.25, 0.3) is 0 Å². The second kappa shape index (κ2) is 5.22. The highest BCUT2D eigenvalue weighted by molar-refractivity contribution is 7.10. The SMILES string of the molecule is O=C(O)c1ccsc1C(O)C(O)CCO. The third-order valence-electron chi connectivity index (χ3n) is 1.98. The third-order valence-corrected chi connectivity index (χ3v) is 2.97. The molecule has 1 heterocycles. The zero-order chi connectivity index (χ0) is 11.4. The molecule has 1 aromatic rings. The van der Waals surface area contributed by atoms with Crippen LogP contribution in [0, 0.1) is 0 Å². The van der Waals surface area contributed by atoms with E-state index in [-0.39, 0.29) is 23.5 Å². The quantitative estimate of drug-likeness (QED) is 0.582. The standard InChI is InChI=1S/C9H12O5S/c10-3-1-6(11)7(12)8-5(9(13)14)2-4-15-8/h2,4,6-7,10-12H,1,3H2,(H,13,14). The molecule has 1 rings (SSSR count). The van der Waals surface area contributed by atoms with Gasteiger partial charge in [-0.05, 0) is 17.9 Å². The average Bonchev–Trinajstić information content (AvgIpc) is 2.65. The van der Waals surface area contributed by atoms with E-state index in [0.717, 1.165) is 11.3 Å². The zero-order valence-electron chi connectivity index (χ0n) is 7.83. The van der Waals surface area contributed by atoms with Gasteiger partial charge >= 0.3 is 5.97 Å². The molecule has 0 saturated carbocycles. The summed E-state index contributed by atoms with van der Waals surface area (Å²) in [5.74, 6) is -1.14. The molecule has 5 nitrogen and oxygen atoms in total. The molecule has 0 fully saturated rings. The van der Waals surface area contributed by atoms with Crippen molar-refractivity contribution in [3.05, 3.63) is 21.9 Å². The van der Waals surface area contributed by atoms with Crippen molar-refractivity contribution in [3.63, 3.8) is 0 Å². The van der Waals surface area contributed by atoms with Gasteiger partial charge in [-0.3, -0.25) is 0 Å². The van der Waals surface area contributed by atoms with Crippen molar-refractivity contribution in [2.45, 2.75) is 18.6 Å². The Kier molecular flexibility index (Phi) is 4.22. The van der Waals surface area contributed by atoms with E-state index >= 15 is 0 Å². The zero-order valence-corrected chi connectivity index (χ0v) is 8.65. The lowest BCUT2D eigenvalue weighted by Gasteiger charge is -2.16. The monoisotopic (exact) mass is 232 g/mol. The highest BCUT2D eigenvalue weighted by atomic mass is 32.1. The Labute approximate surface area is 90.2 Å². The van der Waals surface area contributed by atoms with Gasteiger partial charge in [0.05, 0.1) is 16.5 Å². The smallest absolute Gasteiger partial charge is 0.336 e. The van der Waals surface area contributed by atoms with Gasteiger partial charge in [-0.1, -0.05) is 0 Å². The molecule has 2 unspecified atom stereocenters. The summed E-state index contributed by atoms with van der Waals surface area (Å²) in [6.45, 7) is -0.258. The molecule has 0 aliphatic heterocycles. The molecule has 84 valence electrons. The molecule has 0 aromatic carbocycles. The van der Waals surface area contributed by atoms with E-state index in [9.17, 15) is 15.0 Å². The topological polar surface area (TPSA) is 98.0 Å². The molecule has 4 N–H and O–H groups in total. The predicted molar refractivity (Wildman–Crippen MR) is 53.9 cm³/mol. The van der Waals surface area contributed by atoms with Crippen molar-refractivity contribution in [2.24, 2.45) is 0 Å². The maximum absolute atomic E-state index is 10.7. The number of carbonyl (C=O) groups is 1. The van der Waals surface area contributed by atoms with Crippen molar-refractivity contribution >= 4 is 17.3 Å². The van der Waals surface area contributed by atoms with E-state index in [1.165, 1.54) is 11.4 Å². The lowest BCUT2D eigenvalue weighted by molar-refractivity contribution is 0.00552. The number of thiophene rings is 1. The van der Waals surface area contributed by atoms with Gasteiger partial charge in [-0.25, -0.2) is 4.79 Å². The predicted octanol–water partition coefficient (Wildman–Crippen LogP) is 0.223. The van der Waals surface area contributed by atoms with Crippen LogP contribution in [0.25, 0.3) is 0 Å². The maximum Gasteiger partial charge on any atom is 0.336 e. The fourth-order valence-electron chi connectivity index (χ4n) is 1.19. The van der Waals surface area contributed by atoms with E-state index in [1.54, 1.807) is 0 Å². The van der Waals surface area contributed by atoms with Crippen LogP contribution in [0.1, 0.15) is 27.8 Å². The molecule has 15 heavy (non-hydrogen) atoms. The second-order valence-corrected chi connectivity index (χ2v) is 3.98. The lowest BCUT2D eigenvalue weighted by atomic mass is 10.1. The van der Waals surface area contributed by atoms with Crippen LogP contribution < -0.4 is 0 Å². The Morgan fingerprint density at radius 3 is 2.67 bits per heavy atom. The Balaban J connectivity index is 2.85. The van der Waals surface area contributed by atoms with Crippen molar-refractivity contribution in [3.8, 4) is 0 Å². The summed E-state index contributed by atoms with van der Waals surface area (Å²) in [6, 6.07) is 1.37. The average molecular weight is 232 g/mol. The van der Waals surface area contributed by atoms with Crippen molar-refractivity contribution in [2.75, 3.05) is 6.61 Å². The van der Waals surface area contributed by atoms with E-state index < -0.39 is 18.2 Å². The molecular weight excluding hydrogens is 220 g/mol. The second-order valence-electron chi connectivity index (χ2n) is 3.03. The van der Waals surface area contributed by atoms with Gasteiger partial charge in [-0.2, -0.15) is 0 Å². The van der Waals surface area contributed by atoms with E-state index in [2.05, 4.69) is 0 Å². The minimum atomic E-state index is -1.26. The molecule has 1 aromatic heterocycles. The van der Waals surface area contributed by atoms with E-state index in [0.29, 0.717) is 0 Å². The van der Waals surface area contributed by atoms with Gasteiger partial charge in [0, 0.05) is 6.61 Å². The Morgan fingerprint density at radius 2 is 2.13 bits per heavy atom. The summed E-state index contributed by atoms with van der Waals surface area (Å²) in [5.41, 5.74) is -0.00973. The first-order chi connectivity index (χ1) is 7.07. The Hall–Kier alpha value is -0.950. The first kappa shape index (κ1) is 12.1. The molecule has 0 radical (unpaired) electrons. The molecule has 0 spiro atoms. The third kappa shape index (κ3) is 2.75. The van der Waals surface area contributed by atoms with Crippen LogP contribution in [0.15, 0.2) is 11.4 Å². The first-order valence-electron chi connectivity index (χ1n) is 4.35. The fourth-order valence-corrected chi connectivity index (χ4v) is 2.12. The van der Waals surface area contributed by atoms with Crippen LogP contribution in [-0.2, 0) is 0 Å². The van der Waals surface area contributed by atoms with Gasteiger partial charge in [-0.15, -0.1) is 11.3 Å². The number of aliphatic hydroxyl groups excluding tert-OH is 3. The van der Waals surface area contributed by atoms with Crippen LogP contribution in [0.3, 0.4) is 0 Å². The summed E-state index contributed by atoms with van der Waals surface area (Å²) in [6.07, 6.45) is -2.40. The number of aliphatic hydroxyl groups is 3. The van der Waals surface area contributed by atoms with Crippen LogP contribution in [-0.4, -0.2) is 39.1 Å². The summed E-state index contributed by atoms with van der Waals surface area (Å²) < 4.78 is 0. The van der Waals surface area contributed by atoms with Crippen LogP contribution in [0.2, 0.25) is 0 Å². The molecule has 0 amide bonds. The minimum Gasteiger partial charge on any atom is -0.478 e. The number of hydrogen-bond acceptors (Lipinski definition) is 5. The largest absolute Gasteiger partial charge is 0.478 e. The van der Waals surface area contributed by atoms with Crippen LogP contribution >= 0.6 is 11.3 Å². The molecule has 0 bridgehead atoms. The maximum atomic E-state index is 10.7. The summed E-state index contributed by atoms with van der Waals surface area (Å²) in [5, 5.41) is 37.9. The molecule has 0 aliphatic rings.